The molecular formula is C18H22O2. The van der Waals surface area contributed by atoms with E-state index in [9.17, 15) is 0 Å². The summed E-state index contributed by atoms with van der Waals surface area (Å²) in [7, 11) is 0. The molecule has 0 heterocycles. The zero-order valence-electron chi connectivity index (χ0n) is 12.4. The van der Waals surface area contributed by atoms with Gasteiger partial charge in [0.05, 0.1) is 6.10 Å². The number of ether oxygens (including phenoxy) is 2. The largest absolute Gasteiger partial charge is 0.491 e. The van der Waals surface area contributed by atoms with E-state index >= 15 is 0 Å². The van der Waals surface area contributed by atoms with E-state index in [1.807, 2.05) is 60.7 Å². The first-order valence-electron chi connectivity index (χ1n) is 7.01. The lowest BCUT2D eigenvalue weighted by molar-refractivity contribution is 0.0544. The zero-order chi connectivity index (χ0) is 14.4. The number of hydrogen-bond donors (Lipinski definition) is 0. The van der Waals surface area contributed by atoms with Crippen LogP contribution in [-0.4, -0.2) is 11.7 Å². The predicted molar refractivity (Wildman–Crippen MR) is 82.3 cm³/mol. The van der Waals surface area contributed by atoms with Crippen molar-refractivity contribution in [3.05, 3.63) is 60.7 Å². The summed E-state index contributed by atoms with van der Waals surface area (Å²) in [6, 6.07) is 19.8. The molecule has 20 heavy (non-hydrogen) atoms. The second-order valence-electron chi connectivity index (χ2n) is 5.62. The van der Waals surface area contributed by atoms with Gasteiger partial charge in [-0.3, -0.25) is 0 Å². The van der Waals surface area contributed by atoms with Crippen LogP contribution in [-0.2, 0) is 0 Å². The number of rotatable bonds is 6. The molecule has 1 unspecified atom stereocenters. The smallest absolute Gasteiger partial charge is 0.120 e. The molecule has 2 aromatic carbocycles. The monoisotopic (exact) mass is 270 g/mol. The second kappa shape index (κ2) is 6.47. The summed E-state index contributed by atoms with van der Waals surface area (Å²) in [5, 5.41) is 0. The average Bonchev–Trinajstić information content (AvgIpc) is 2.39. The highest BCUT2D eigenvalue weighted by Crippen LogP contribution is 2.23. The van der Waals surface area contributed by atoms with Gasteiger partial charge in [0.2, 0.25) is 0 Å². The SMILES string of the molecule is CC(CC(C)(C)Oc1ccccc1)Oc1ccccc1. The normalized spacial score (nSPS) is 12.8. The molecule has 0 N–H and O–H groups in total. The van der Waals surface area contributed by atoms with Crippen molar-refractivity contribution in [2.75, 3.05) is 0 Å². The average molecular weight is 270 g/mol. The topological polar surface area (TPSA) is 18.5 Å². The lowest BCUT2D eigenvalue weighted by atomic mass is 10.0. The lowest BCUT2D eigenvalue weighted by Crippen LogP contribution is -2.34. The molecule has 0 aliphatic rings. The van der Waals surface area contributed by atoms with Gasteiger partial charge in [0.25, 0.3) is 0 Å². The Morgan fingerprint density at radius 2 is 1.35 bits per heavy atom. The van der Waals surface area contributed by atoms with Gasteiger partial charge < -0.3 is 9.47 Å². The van der Waals surface area contributed by atoms with Gasteiger partial charge in [0, 0.05) is 6.42 Å². The Morgan fingerprint density at radius 3 is 1.90 bits per heavy atom. The van der Waals surface area contributed by atoms with Gasteiger partial charge in [0.15, 0.2) is 0 Å². The van der Waals surface area contributed by atoms with Crippen LogP contribution >= 0.6 is 0 Å². The predicted octanol–water partition coefficient (Wildman–Crippen LogP) is 4.70. The first kappa shape index (κ1) is 14.4. The molecule has 2 heteroatoms. The Hall–Kier alpha value is -1.96. The molecule has 0 saturated heterocycles. The van der Waals surface area contributed by atoms with Crippen LogP contribution in [0.4, 0.5) is 0 Å². The van der Waals surface area contributed by atoms with Crippen LogP contribution in [0.1, 0.15) is 27.2 Å². The number of hydrogen-bond acceptors (Lipinski definition) is 2. The van der Waals surface area contributed by atoms with Gasteiger partial charge >= 0.3 is 0 Å². The minimum absolute atomic E-state index is 0.0936. The summed E-state index contributed by atoms with van der Waals surface area (Å²) in [5.41, 5.74) is -0.268. The van der Waals surface area contributed by atoms with E-state index in [1.54, 1.807) is 0 Å². The van der Waals surface area contributed by atoms with E-state index in [4.69, 9.17) is 9.47 Å². The van der Waals surface area contributed by atoms with E-state index in [1.165, 1.54) is 0 Å². The molecule has 0 radical (unpaired) electrons. The van der Waals surface area contributed by atoms with Crippen molar-refractivity contribution >= 4 is 0 Å². The first-order chi connectivity index (χ1) is 9.55. The van der Waals surface area contributed by atoms with Crippen LogP contribution < -0.4 is 9.47 Å². The van der Waals surface area contributed by atoms with Gasteiger partial charge in [-0.15, -0.1) is 0 Å². The van der Waals surface area contributed by atoms with Gasteiger partial charge in [-0.05, 0) is 45.0 Å². The number of benzene rings is 2. The molecule has 0 aliphatic carbocycles. The van der Waals surface area contributed by atoms with Crippen molar-refractivity contribution in [3.8, 4) is 11.5 Å². The van der Waals surface area contributed by atoms with E-state index < -0.39 is 0 Å². The molecule has 0 bridgehead atoms. The van der Waals surface area contributed by atoms with E-state index in [0.717, 1.165) is 17.9 Å². The Bertz CT molecular complexity index is 505. The van der Waals surface area contributed by atoms with E-state index in [2.05, 4.69) is 20.8 Å². The molecule has 2 rings (SSSR count). The van der Waals surface area contributed by atoms with Crippen LogP contribution in [0.3, 0.4) is 0 Å². The van der Waals surface area contributed by atoms with Crippen molar-refractivity contribution in [1.29, 1.82) is 0 Å². The summed E-state index contributed by atoms with van der Waals surface area (Å²) in [6.45, 7) is 6.25. The van der Waals surface area contributed by atoms with Gasteiger partial charge in [-0.2, -0.15) is 0 Å². The minimum atomic E-state index is -0.268. The molecule has 0 aliphatic heterocycles. The Labute approximate surface area is 121 Å². The quantitative estimate of drug-likeness (QED) is 0.757. The van der Waals surface area contributed by atoms with Crippen LogP contribution in [0, 0.1) is 0 Å². The highest BCUT2D eigenvalue weighted by Gasteiger charge is 2.24. The third-order valence-corrected chi connectivity index (χ3v) is 3.00. The highest BCUT2D eigenvalue weighted by atomic mass is 16.5. The van der Waals surface area contributed by atoms with Crippen LogP contribution in [0.2, 0.25) is 0 Å². The summed E-state index contributed by atoms with van der Waals surface area (Å²) in [6.07, 6.45) is 0.910. The summed E-state index contributed by atoms with van der Waals surface area (Å²) < 4.78 is 11.9. The fourth-order valence-electron chi connectivity index (χ4n) is 2.31. The summed E-state index contributed by atoms with van der Waals surface area (Å²) in [5.74, 6) is 1.79. The molecule has 0 aromatic heterocycles. The maximum Gasteiger partial charge on any atom is 0.120 e. The molecule has 0 spiro atoms. The molecule has 2 aromatic rings. The summed E-state index contributed by atoms with van der Waals surface area (Å²) in [4.78, 5) is 0. The van der Waals surface area contributed by atoms with Gasteiger partial charge in [-0.25, -0.2) is 0 Å². The maximum atomic E-state index is 6.03. The third-order valence-electron chi connectivity index (χ3n) is 3.00. The molecule has 2 nitrogen and oxygen atoms in total. The van der Waals surface area contributed by atoms with Crippen molar-refractivity contribution in [2.45, 2.75) is 38.9 Å². The minimum Gasteiger partial charge on any atom is -0.491 e. The highest BCUT2D eigenvalue weighted by molar-refractivity contribution is 5.22. The van der Waals surface area contributed by atoms with E-state index in [-0.39, 0.29) is 11.7 Å². The van der Waals surface area contributed by atoms with Crippen molar-refractivity contribution in [2.24, 2.45) is 0 Å². The maximum absolute atomic E-state index is 6.03. The Balaban J connectivity index is 1.90. The van der Waals surface area contributed by atoms with Crippen LogP contribution in [0.25, 0.3) is 0 Å². The third kappa shape index (κ3) is 4.61. The summed E-state index contributed by atoms with van der Waals surface area (Å²) >= 11 is 0. The van der Waals surface area contributed by atoms with Gasteiger partial charge in [0.1, 0.15) is 17.1 Å². The first-order valence-corrected chi connectivity index (χ1v) is 7.01. The van der Waals surface area contributed by atoms with Gasteiger partial charge in [-0.1, -0.05) is 36.4 Å². The molecule has 1 atom stereocenters. The molecule has 0 saturated carbocycles. The molecule has 0 fully saturated rings. The number of para-hydroxylation sites is 2. The molecule has 0 amide bonds. The molecule has 106 valence electrons. The fraction of sp³-hybridized carbons (Fsp3) is 0.333. The van der Waals surface area contributed by atoms with Crippen LogP contribution in [0.15, 0.2) is 60.7 Å². The molecular weight excluding hydrogens is 248 g/mol. The Morgan fingerprint density at radius 1 is 0.850 bits per heavy atom. The second-order valence-corrected chi connectivity index (χ2v) is 5.62. The Kier molecular flexibility index (Phi) is 4.67. The lowest BCUT2D eigenvalue weighted by Gasteiger charge is -2.29. The van der Waals surface area contributed by atoms with Crippen LogP contribution in [0.5, 0.6) is 11.5 Å². The van der Waals surface area contributed by atoms with Crippen molar-refractivity contribution in [3.63, 3.8) is 0 Å². The van der Waals surface area contributed by atoms with Crippen molar-refractivity contribution < 1.29 is 9.47 Å². The fourth-order valence-corrected chi connectivity index (χ4v) is 2.31. The standard InChI is InChI=1S/C18H22O2/c1-15(19-16-10-6-4-7-11-16)14-18(2,3)20-17-12-8-5-9-13-17/h4-13,15H,14H2,1-3H3. The van der Waals surface area contributed by atoms with Crippen molar-refractivity contribution in [1.82, 2.24) is 0 Å². The zero-order valence-corrected chi connectivity index (χ0v) is 12.4. The van der Waals surface area contributed by atoms with E-state index in [0.29, 0.717) is 0 Å².